The fourth-order valence-electron chi connectivity index (χ4n) is 4.76. The Bertz CT molecular complexity index is 1550. The summed E-state index contributed by atoms with van der Waals surface area (Å²) in [7, 11) is 0. The monoisotopic (exact) mass is 515 g/mol. The molecule has 0 amide bonds. The van der Waals surface area contributed by atoms with Crippen molar-refractivity contribution >= 4 is 16.7 Å². The average molecular weight is 516 g/mol. The molecule has 0 bridgehead atoms. The number of pyridine rings is 2. The van der Waals surface area contributed by atoms with Crippen molar-refractivity contribution in [3.05, 3.63) is 48.3 Å². The van der Waals surface area contributed by atoms with E-state index in [2.05, 4.69) is 25.5 Å². The number of H-pyrrole nitrogens is 1. The molecule has 4 aromatic heterocycles. The molecule has 11 heteroatoms. The molecule has 196 valence electrons. The zero-order valence-corrected chi connectivity index (χ0v) is 20.4. The first-order valence-electron chi connectivity index (χ1n) is 14.7. The van der Waals surface area contributed by atoms with Crippen molar-refractivity contribution in [2.75, 3.05) is 18.4 Å². The molecule has 5 rings (SSSR count). The number of hydrogen-bond acceptors (Lipinski definition) is 7. The molecular weight excluding hydrogens is 477 g/mol. The van der Waals surface area contributed by atoms with Gasteiger partial charge in [0.25, 0.3) is 5.88 Å². The fourth-order valence-corrected chi connectivity index (χ4v) is 4.76. The van der Waals surface area contributed by atoms with Gasteiger partial charge in [0.15, 0.2) is 11.9 Å². The topological polar surface area (TPSA) is 125 Å². The maximum Gasteiger partial charge on any atom is 0.250 e. The van der Waals surface area contributed by atoms with Gasteiger partial charge in [-0.3, -0.25) is 4.68 Å². The van der Waals surface area contributed by atoms with E-state index in [1.807, 2.05) is 4.68 Å². The quantitative estimate of drug-likeness (QED) is 0.253. The number of nitrogens with zero attached hydrogens (tertiary/aromatic N) is 5. The number of aliphatic hydroxyl groups is 2. The van der Waals surface area contributed by atoms with Gasteiger partial charge in [0.1, 0.15) is 17.6 Å². The van der Waals surface area contributed by atoms with Gasteiger partial charge < -0.3 is 20.3 Å². The van der Waals surface area contributed by atoms with Crippen molar-refractivity contribution in [2.45, 2.75) is 64.3 Å². The van der Waals surface area contributed by atoms with Gasteiger partial charge in [0.05, 0.1) is 36.9 Å². The van der Waals surface area contributed by atoms with E-state index in [0.29, 0.717) is 53.4 Å². The molecular formula is C26H33FN7O3+. The van der Waals surface area contributed by atoms with Gasteiger partial charge >= 0.3 is 0 Å². The standard InChI is InChI=1S/C26H32FN7O3/c1-3-28-23-10-22-21(12-30-23)25(17-11-31-33(13-17)14-19(36)15-35)32-34(22)18-4-6-20(7-5-18)37-26-24(27)16(2)8-9-29-26/h8-13,18-20,35-36H,3-7,14-15H2,1-2H3,(H,28,30,32)/p+1/t18?,19-,20?/m1/s1/i1D3,3D2. The molecule has 4 aromatic rings. The number of hydrogen-bond donors (Lipinski definition) is 4. The summed E-state index contributed by atoms with van der Waals surface area (Å²) in [6, 6.07) is 3.16. The van der Waals surface area contributed by atoms with Crippen LogP contribution in [0.1, 0.15) is 51.0 Å². The third-order valence-corrected chi connectivity index (χ3v) is 6.70. The number of ether oxygens (including phenoxy) is 1. The van der Waals surface area contributed by atoms with Crippen molar-refractivity contribution in [3.8, 4) is 17.1 Å². The molecule has 1 fully saturated rings. The van der Waals surface area contributed by atoms with Crippen molar-refractivity contribution in [1.29, 1.82) is 0 Å². The molecule has 0 saturated heterocycles. The molecule has 0 spiro atoms. The van der Waals surface area contributed by atoms with Crippen LogP contribution in [0.25, 0.3) is 22.2 Å². The predicted octanol–water partition coefficient (Wildman–Crippen LogP) is 2.90. The van der Waals surface area contributed by atoms with E-state index in [-0.39, 0.29) is 30.4 Å². The van der Waals surface area contributed by atoms with Crippen molar-refractivity contribution < 1.29 is 30.9 Å². The normalized spacial score (nSPS) is 21.5. The molecule has 1 atom stereocenters. The van der Waals surface area contributed by atoms with Crippen LogP contribution < -0.4 is 14.7 Å². The molecule has 1 saturated carbocycles. The third kappa shape index (κ3) is 5.28. The molecule has 10 nitrogen and oxygen atoms in total. The van der Waals surface area contributed by atoms with E-state index in [9.17, 15) is 14.6 Å². The lowest BCUT2D eigenvalue weighted by atomic mass is 9.93. The summed E-state index contributed by atoms with van der Waals surface area (Å²) >= 11 is 0. The highest BCUT2D eigenvalue weighted by molar-refractivity contribution is 5.91. The highest BCUT2D eigenvalue weighted by atomic mass is 19.1. The predicted molar refractivity (Wildman–Crippen MR) is 136 cm³/mol. The molecule has 0 unspecified atom stereocenters. The molecule has 0 radical (unpaired) electrons. The summed E-state index contributed by atoms with van der Waals surface area (Å²) in [5, 5.41) is 29.8. The van der Waals surface area contributed by atoms with Crippen LogP contribution in [0.15, 0.2) is 36.9 Å². The lowest BCUT2D eigenvalue weighted by molar-refractivity contribution is -0.753. The van der Waals surface area contributed by atoms with E-state index in [4.69, 9.17) is 11.6 Å². The summed E-state index contributed by atoms with van der Waals surface area (Å²) in [4.78, 5) is 8.33. The fraction of sp³-hybridized carbons (Fsp3) is 0.462. The van der Waals surface area contributed by atoms with Gasteiger partial charge in [0.2, 0.25) is 5.52 Å². The highest BCUT2D eigenvalue weighted by Gasteiger charge is 2.33. The number of nitrogens with one attached hydrogen (secondary N) is 2. The van der Waals surface area contributed by atoms with Crippen LogP contribution >= 0.6 is 0 Å². The zero-order valence-electron chi connectivity index (χ0n) is 25.4. The van der Waals surface area contributed by atoms with Crippen LogP contribution in [-0.4, -0.2) is 60.4 Å². The first-order valence-corrected chi connectivity index (χ1v) is 12.2. The molecule has 1 aliphatic carbocycles. The summed E-state index contributed by atoms with van der Waals surface area (Å²) in [6.45, 7) is -4.26. The first-order chi connectivity index (χ1) is 19.9. The van der Waals surface area contributed by atoms with E-state index < -0.39 is 31.9 Å². The van der Waals surface area contributed by atoms with Crippen LogP contribution in [0.4, 0.5) is 10.2 Å². The number of aromatic nitrogens is 6. The maximum absolute atomic E-state index is 14.5. The minimum Gasteiger partial charge on any atom is -0.472 e. The van der Waals surface area contributed by atoms with Gasteiger partial charge in [-0.25, -0.2) is 14.4 Å². The second-order valence-corrected chi connectivity index (χ2v) is 9.28. The number of aliphatic hydroxyl groups excluding tert-OH is 2. The van der Waals surface area contributed by atoms with E-state index in [0.717, 1.165) is 0 Å². The third-order valence-electron chi connectivity index (χ3n) is 6.70. The Balaban J connectivity index is 1.45. The van der Waals surface area contributed by atoms with Crippen molar-refractivity contribution in [2.24, 2.45) is 0 Å². The van der Waals surface area contributed by atoms with E-state index >= 15 is 0 Å². The molecule has 4 N–H and O–H groups in total. The zero-order chi connectivity index (χ0) is 30.2. The Morgan fingerprint density at radius 3 is 2.97 bits per heavy atom. The minimum atomic E-state index is -2.92. The molecule has 0 aliphatic heterocycles. The summed E-state index contributed by atoms with van der Waals surface area (Å²) in [6.07, 6.45) is 7.85. The Morgan fingerprint density at radius 2 is 2.19 bits per heavy atom. The lowest BCUT2D eigenvalue weighted by Gasteiger charge is -2.25. The Hall–Kier alpha value is -3.57. The number of rotatable bonds is 9. The van der Waals surface area contributed by atoms with E-state index in [1.165, 1.54) is 17.1 Å². The molecule has 1 aliphatic rings. The van der Waals surface area contributed by atoms with E-state index in [1.54, 1.807) is 31.5 Å². The Kier molecular flexibility index (Phi) is 5.71. The SMILES string of the molecule is [2H]C([2H])([2H])C([2H])([2H])Nc1cc2c(cn1)c(-c1cnn(C[C@@H](O)CO)c1)[nH][n+]2C1CCC(Oc2nccc(C)c2F)CC1. The minimum absolute atomic E-state index is 0.00707. The van der Waals surface area contributed by atoms with Gasteiger partial charge in [-0.15, -0.1) is 4.68 Å². The smallest absolute Gasteiger partial charge is 0.250 e. The van der Waals surface area contributed by atoms with Crippen LogP contribution in [-0.2, 0) is 6.54 Å². The summed E-state index contributed by atoms with van der Waals surface area (Å²) in [5.74, 6) is -0.416. The average Bonchev–Trinajstić information content (AvgIpc) is 3.55. The molecule has 4 heterocycles. The maximum atomic E-state index is 14.5. The van der Waals surface area contributed by atoms with Crippen molar-refractivity contribution in [3.63, 3.8) is 0 Å². The number of fused-ring (bicyclic) bond motifs is 1. The largest absolute Gasteiger partial charge is 0.472 e. The van der Waals surface area contributed by atoms with Gasteiger partial charge in [-0.2, -0.15) is 10.2 Å². The van der Waals surface area contributed by atoms with Gasteiger partial charge in [0, 0.05) is 50.3 Å². The van der Waals surface area contributed by atoms with Gasteiger partial charge in [-0.05, 0) is 38.2 Å². The molecule has 37 heavy (non-hydrogen) atoms. The molecule has 0 aromatic carbocycles. The first kappa shape index (κ1) is 19.5. The second kappa shape index (κ2) is 10.8. The Labute approximate surface area is 221 Å². The number of aromatic amines is 1. The van der Waals surface area contributed by atoms with Crippen LogP contribution in [0, 0.1) is 12.7 Å². The van der Waals surface area contributed by atoms with Crippen LogP contribution in [0.5, 0.6) is 5.88 Å². The summed E-state index contributed by atoms with van der Waals surface area (Å²) < 4.78 is 62.3. The van der Waals surface area contributed by atoms with Crippen molar-refractivity contribution in [1.82, 2.24) is 24.8 Å². The second-order valence-electron chi connectivity index (χ2n) is 9.28. The number of halogens is 1. The van der Waals surface area contributed by atoms with Crippen LogP contribution in [0.3, 0.4) is 0 Å². The summed E-state index contributed by atoms with van der Waals surface area (Å²) in [5.41, 5.74) is 2.51. The van der Waals surface area contributed by atoms with Gasteiger partial charge in [-0.1, -0.05) is 0 Å². The highest BCUT2D eigenvalue weighted by Crippen LogP contribution is 2.32. The van der Waals surface area contributed by atoms with Crippen LogP contribution in [0.2, 0.25) is 0 Å². The number of aryl methyl sites for hydroxylation is 1. The lowest BCUT2D eigenvalue weighted by Crippen LogP contribution is -2.44. The number of anilines is 1. The Morgan fingerprint density at radius 1 is 1.35 bits per heavy atom.